The lowest BCUT2D eigenvalue weighted by molar-refractivity contribution is -0.117. The minimum atomic E-state index is -0.966. The number of piperazine rings is 1. The Morgan fingerprint density at radius 3 is 2.65 bits per heavy atom. The average Bonchev–Trinajstić information content (AvgIpc) is 2.42. The number of anilines is 1. The Labute approximate surface area is 117 Å². The van der Waals surface area contributed by atoms with E-state index >= 15 is 0 Å². The van der Waals surface area contributed by atoms with Gasteiger partial charge in [0.2, 0.25) is 5.91 Å². The standard InChI is InChI=1S/C14H19N3O3/c1-10-8-11(14(19)20)2-3-12(10)16-13(18)9-17-6-4-15-5-7-17/h2-3,8,15H,4-7,9H2,1H3,(H,16,18)(H,19,20). The molecule has 6 nitrogen and oxygen atoms in total. The Morgan fingerprint density at radius 1 is 1.35 bits per heavy atom. The quantitative estimate of drug-likeness (QED) is 0.748. The summed E-state index contributed by atoms with van der Waals surface area (Å²) in [5.74, 6) is -1.04. The Bertz CT molecular complexity index is 510. The number of carbonyl (C=O) groups excluding carboxylic acids is 1. The van der Waals surface area contributed by atoms with Gasteiger partial charge in [0, 0.05) is 31.9 Å². The number of hydrogen-bond donors (Lipinski definition) is 3. The van der Waals surface area contributed by atoms with Gasteiger partial charge in [0.25, 0.3) is 0 Å². The summed E-state index contributed by atoms with van der Waals surface area (Å²) >= 11 is 0. The largest absolute Gasteiger partial charge is 0.478 e. The highest BCUT2D eigenvalue weighted by atomic mass is 16.4. The molecule has 0 bridgehead atoms. The maximum Gasteiger partial charge on any atom is 0.335 e. The number of carboxylic acid groups (broad SMARTS) is 1. The molecule has 1 aliphatic rings. The molecule has 6 heteroatoms. The number of hydrogen-bond acceptors (Lipinski definition) is 4. The van der Waals surface area contributed by atoms with Gasteiger partial charge in [-0.3, -0.25) is 9.69 Å². The molecular formula is C14H19N3O3. The summed E-state index contributed by atoms with van der Waals surface area (Å²) < 4.78 is 0. The molecule has 0 saturated carbocycles. The first kappa shape index (κ1) is 14.5. The molecule has 1 amide bonds. The Balaban J connectivity index is 1.95. The summed E-state index contributed by atoms with van der Waals surface area (Å²) in [6.45, 7) is 5.68. The molecule has 0 unspecified atom stereocenters. The van der Waals surface area contributed by atoms with Crippen LogP contribution in [0.15, 0.2) is 18.2 Å². The molecule has 1 aromatic carbocycles. The summed E-state index contributed by atoms with van der Waals surface area (Å²) in [6, 6.07) is 4.69. The van der Waals surface area contributed by atoms with E-state index in [1.807, 2.05) is 0 Å². The van der Waals surface area contributed by atoms with Crippen molar-refractivity contribution in [3.63, 3.8) is 0 Å². The number of amides is 1. The second-order valence-electron chi connectivity index (χ2n) is 4.91. The molecule has 1 heterocycles. The zero-order chi connectivity index (χ0) is 14.5. The monoisotopic (exact) mass is 277 g/mol. The SMILES string of the molecule is Cc1cc(C(=O)O)ccc1NC(=O)CN1CCNCC1. The molecule has 0 radical (unpaired) electrons. The molecule has 1 saturated heterocycles. The minimum Gasteiger partial charge on any atom is -0.478 e. The maximum absolute atomic E-state index is 12.0. The molecule has 108 valence electrons. The van der Waals surface area contributed by atoms with Crippen LogP contribution >= 0.6 is 0 Å². The normalized spacial score (nSPS) is 15.8. The number of aromatic carboxylic acids is 1. The Hall–Kier alpha value is -1.92. The van der Waals surface area contributed by atoms with E-state index in [1.54, 1.807) is 19.1 Å². The number of benzene rings is 1. The van der Waals surface area contributed by atoms with E-state index in [0.29, 0.717) is 12.2 Å². The molecule has 1 aromatic rings. The molecule has 0 aromatic heterocycles. The predicted octanol–water partition coefficient (Wildman–Crippen LogP) is 0.537. The third-order valence-electron chi connectivity index (χ3n) is 3.32. The fourth-order valence-electron chi connectivity index (χ4n) is 2.20. The van der Waals surface area contributed by atoms with Crippen LogP contribution in [0.25, 0.3) is 0 Å². The van der Waals surface area contributed by atoms with Crippen LogP contribution in [0, 0.1) is 6.92 Å². The highest BCUT2D eigenvalue weighted by molar-refractivity contribution is 5.94. The third-order valence-corrected chi connectivity index (χ3v) is 3.32. The summed E-state index contributed by atoms with van der Waals surface area (Å²) in [5, 5.41) is 15.0. The van der Waals surface area contributed by atoms with Crippen molar-refractivity contribution < 1.29 is 14.7 Å². The lowest BCUT2D eigenvalue weighted by Crippen LogP contribution is -2.46. The molecule has 20 heavy (non-hydrogen) atoms. The van der Waals surface area contributed by atoms with Crippen molar-refractivity contribution in [2.75, 3.05) is 38.0 Å². The van der Waals surface area contributed by atoms with Crippen LogP contribution in [-0.4, -0.2) is 54.6 Å². The van der Waals surface area contributed by atoms with Gasteiger partial charge < -0.3 is 15.7 Å². The first-order valence-electron chi connectivity index (χ1n) is 6.63. The zero-order valence-corrected chi connectivity index (χ0v) is 11.5. The van der Waals surface area contributed by atoms with Crippen molar-refractivity contribution in [2.24, 2.45) is 0 Å². The van der Waals surface area contributed by atoms with Crippen LogP contribution in [0.5, 0.6) is 0 Å². The van der Waals surface area contributed by atoms with E-state index in [1.165, 1.54) is 6.07 Å². The molecule has 0 spiro atoms. The fourth-order valence-corrected chi connectivity index (χ4v) is 2.20. The highest BCUT2D eigenvalue weighted by Crippen LogP contribution is 2.16. The number of carbonyl (C=O) groups is 2. The molecule has 3 N–H and O–H groups in total. The van der Waals surface area contributed by atoms with Crippen LogP contribution in [0.4, 0.5) is 5.69 Å². The maximum atomic E-state index is 12.0. The second-order valence-corrected chi connectivity index (χ2v) is 4.91. The molecule has 0 atom stereocenters. The van der Waals surface area contributed by atoms with Crippen molar-refractivity contribution in [1.82, 2.24) is 10.2 Å². The minimum absolute atomic E-state index is 0.0712. The van der Waals surface area contributed by atoms with Crippen LogP contribution in [0.2, 0.25) is 0 Å². The van der Waals surface area contributed by atoms with Crippen molar-refractivity contribution in [2.45, 2.75) is 6.92 Å². The van der Waals surface area contributed by atoms with Gasteiger partial charge >= 0.3 is 5.97 Å². The average molecular weight is 277 g/mol. The van der Waals surface area contributed by atoms with Crippen molar-refractivity contribution >= 4 is 17.6 Å². The summed E-state index contributed by atoms with van der Waals surface area (Å²) in [6.07, 6.45) is 0. The number of carboxylic acids is 1. The second kappa shape index (κ2) is 6.49. The lowest BCUT2D eigenvalue weighted by Gasteiger charge is -2.26. The zero-order valence-electron chi connectivity index (χ0n) is 11.5. The molecule has 2 rings (SSSR count). The number of nitrogens with one attached hydrogen (secondary N) is 2. The van der Waals surface area contributed by atoms with Crippen LogP contribution in [0.3, 0.4) is 0 Å². The molecule has 1 fully saturated rings. The smallest absolute Gasteiger partial charge is 0.335 e. The Kier molecular flexibility index (Phi) is 4.70. The van der Waals surface area contributed by atoms with Gasteiger partial charge in [0.15, 0.2) is 0 Å². The van der Waals surface area contributed by atoms with Gasteiger partial charge in [-0.25, -0.2) is 4.79 Å². The van der Waals surface area contributed by atoms with Gasteiger partial charge in [-0.1, -0.05) is 0 Å². The summed E-state index contributed by atoms with van der Waals surface area (Å²) in [4.78, 5) is 24.9. The van der Waals surface area contributed by atoms with Crippen LogP contribution < -0.4 is 10.6 Å². The predicted molar refractivity (Wildman–Crippen MR) is 76.1 cm³/mol. The van der Waals surface area contributed by atoms with Crippen LogP contribution in [0.1, 0.15) is 15.9 Å². The van der Waals surface area contributed by atoms with E-state index in [0.717, 1.165) is 31.7 Å². The van der Waals surface area contributed by atoms with Gasteiger partial charge in [-0.05, 0) is 30.7 Å². The van der Waals surface area contributed by atoms with Gasteiger partial charge in [0.05, 0.1) is 12.1 Å². The van der Waals surface area contributed by atoms with E-state index in [4.69, 9.17) is 5.11 Å². The van der Waals surface area contributed by atoms with Gasteiger partial charge in [-0.15, -0.1) is 0 Å². The summed E-state index contributed by atoms with van der Waals surface area (Å²) in [7, 11) is 0. The van der Waals surface area contributed by atoms with Crippen molar-refractivity contribution in [1.29, 1.82) is 0 Å². The summed E-state index contributed by atoms with van der Waals surface area (Å²) in [5.41, 5.74) is 1.64. The molecular weight excluding hydrogens is 258 g/mol. The van der Waals surface area contributed by atoms with E-state index in [9.17, 15) is 9.59 Å². The van der Waals surface area contributed by atoms with Crippen molar-refractivity contribution in [3.05, 3.63) is 29.3 Å². The van der Waals surface area contributed by atoms with E-state index in [2.05, 4.69) is 15.5 Å². The molecule has 1 aliphatic heterocycles. The first-order chi connectivity index (χ1) is 9.56. The highest BCUT2D eigenvalue weighted by Gasteiger charge is 2.14. The van der Waals surface area contributed by atoms with Crippen LogP contribution in [-0.2, 0) is 4.79 Å². The fraction of sp³-hybridized carbons (Fsp3) is 0.429. The van der Waals surface area contributed by atoms with Gasteiger partial charge in [-0.2, -0.15) is 0 Å². The first-order valence-corrected chi connectivity index (χ1v) is 6.63. The lowest BCUT2D eigenvalue weighted by atomic mass is 10.1. The van der Waals surface area contributed by atoms with E-state index < -0.39 is 5.97 Å². The topological polar surface area (TPSA) is 81.7 Å². The van der Waals surface area contributed by atoms with E-state index in [-0.39, 0.29) is 11.5 Å². The number of aryl methyl sites for hydroxylation is 1. The van der Waals surface area contributed by atoms with Gasteiger partial charge in [0.1, 0.15) is 0 Å². The molecule has 0 aliphatic carbocycles. The number of rotatable bonds is 4. The van der Waals surface area contributed by atoms with Crippen molar-refractivity contribution in [3.8, 4) is 0 Å². The third kappa shape index (κ3) is 3.79. The number of nitrogens with zero attached hydrogens (tertiary/aromatic N) is 1. The Morgan fingerprint density at radius 2 is 2.05 bits per heavy atom.